The van der Waals surface area contributed by atoms with Crippen molar-refractivity contribution in [3.05, 3.63) is 90.0 Å². The van der Waals surface area contributed by atoms with E-state index in [0.29, 0.717) is 24.5 Å². The average molecular weight is 580 g/mol. The van der Waals surface area contributed by atoms with E-state index in [0.717, 1.165) is 21.9 Å². The van der Waals surface area contributed by atoms with Crippen molar-refractivity contribution in [1.82, 2.24) is 10.2 Å². The van der Waals surface area contributed by atoms with E-state index in [9.17, 15) is 18.0 Å². The highest BCUT2D eigenvalue weighted by atomic mass is 32.2. The Bertz CT molecular complexity index is 1380. The normalized spacial score (nSPS) is 12.7. The molecule has 0 fully saturated rings. The Balaban J connectivity index is 1.96. The van der Waals surface area contributed by atoms with Gasteiger partial charge in [0.25, 0.3) is 10.0 Å². The van der Waals surface area contributed by atoms with Crippen LogP contribution in [0.1, 0.15) is 45.2 Å². The number of hydrogen-bond donors (Lipinski definition) is 1. The molecule has 41 heavy (non-hydrogen) atoms. The van der Waals surface area contributed by atoms with E-state index in [4.69, 9.17) is 4.74 Å². The van der Waals surface area contributed by atoms with Crippen LogP contribution in [0.4, 0.5) is 5.69 Å². The Kier molecular flexibility index (Phi) is 11.3. The van der Waals surface area contributed by atoms with Crippen LogP contribution in [0, 0.1) is 6.92 Å². The standard InChI is InChI=1S/C32H41N3O5S/c1-6-25(4)33-32(37)26(5)34(22-21-27-11-9-8-10-12-27)31(36)23-35(28-15-13-24(3)14-16-28)41(38,39)30-19-17-29(18-20-30)40-7-2/h8-20,25-26H,6-7,21-23H2,1-5H3,(H,33,37)/t25-,26+/m0/s1. The Hall–Kier alpha value is -3.85. The van der Waals surface area contributed by atoms with E-state index >= 15 is 0 Å². The van der Waals surface area contributed by atoms with E-state index < -0.39 is 28.5 Å². The Morgan fingerprint density at radius 1 is 0.902 bits per heavy atom. The molecule has 1 N–H and O–H groups in total. The number of nitrogens with one attached hydrogen (secondary N) is 1. The second-order valence-corrected chi connectivity index (χ2v) is 11.9. The summed E-state index contributed by atoms with van der Waals surface area (Å²) in [6.45, 7) is 9.56. The van der Waals surface area contributed by atoms with Gasteiger partial charge < -0.3 is 15.0 Å². The maximum absolute atomic E-state index is 14.0. The summed E-state index contributed by atoms with van der Waals surface area (Å²) in [6, 6.07) is 21.9. The van der Waals surface area contributed by atoms with Crippen molar-refractivity contribution >= 4 is 27.5 Å². The maximum Gasteiger partial charge on any atom is 0.264 e. The summed E-state index contributed by atoms with van der Waals surface area (Å²) in [4.78, 5) is 28.6. The predicted octanol–water partition coefficient (Wildman–Crippen LogP) is 4.96. The summed E-state index contributed by atoms with van der Waals surface area (Å²) < 4.78 is 34.5. The summed E-state index contributed by atoms with van der Waals surface area (Å²) >= 11 is 0. The van der Waals surface area contributed by atoms with E-state index in [1.807, 2.05) is 58.0 Å². The highest BCUT2D eigenvalue weighted by Crippen LogP contribution is 2.26. The number of rotatable bonds is 14. The van der Waals surface area contributed by atoms with Crippen LogP contribution in [-0.2, 0) is 26.0 Å². The average Bonchev–Trinajstić information content (AvgIpc) is 2.97. The lowest BCUT2D eigenvalue weighted by Crippen LogP contribution is -2.53. The zero-order valence-electron chi connectivity index (χ0n) is 24.5. The molecule has 2 amide bonds. The third-order valence-corrected chi connectivity index (χ3v) is 8.76. The molecule has 0 heterocycles. The Labute approximate surface area is 244 Å². The monoisotopic (exact) mass is 579 g/mol. The van der Waals surface area contributed by atoms with Crippen molar-refractivity contribution < 1.29 is 22.7 Å². The van der Waals surface area contributed by atoms with Gasteiger partial charge in [-0.15, -0.1) is 0 Å². The molecule has 0 unspecified atom stereocenters. The topological polar surface area (TPSA) is 96.0 Å². The summed E-state index contributed by atoms with van der Waals surface area (Å²) in [5, 5.41) is 2.95. The molecule has 0 radical (unpaired) electrons. The molecule has 3 aromatic carbocycles. The number of benzene rings is 3. The predicted molar refractivity (Wildman–Crippen MR) is 163 cm³/mol. The first-order valence-corrected chi connectivity index (χ1v) is 15.5. The van der Waals surface area contributed by atoms with Gasteiger partial charge in [-0.25, -0.2) is 8.42 Å². The van der Waals surface area contributed by atoms with Crippen molar-refractivity contribution in [3.63, 3.8) is 0 Å². The van der Waals surface area contributed by atoms with Crippen LogP contribution >= 0.6 is 0 Å². The Morgan fingerprint density at radius 3 is 2.12 bits per heavy atom. The molecule has 0 saturated heterocycles. The maximum atomic E-state index is 14.0. The lowest BCUT2D eigenvalue weighted by atomic mass is 10.1. The second kappa shape index (κ2) is 14.7. The minimum Gasteiger partial charge on any atom is -0.494 e. The van der Waals surface area contributed by atoms with E-state index in [1.165, 1.54) is 17.0 Å². The largest absolute Gasteiger partial charge is 0.494 e. The minimum atomic E-state index is -4.13. The summed E-state index contributed by atoms with van der Waals surface area (Å²) in [5.41, 5.74) is 2.33. The van der Waals surface area contributed by atoms with Crippen LogP contribution in [-0.4, -0.2) is 56.9 Å². The fourth-order valence-corrected chi connectivity index (χ4v) is 5.69. The summed E-state index contributed by atoms with van der Waals surface area (Å²) in [7, 11) is -4.13. The number of anilines is 1. The fraction of sp³-hybridized carbons (Fsp3) is 0.375. The first-order valence-electron chi connectivity index (χ1n) is 14.0. The summed E-state index contributed by atoms with van der Waals surface area (Å²) in [5.74, 6) is -0.197. The number of carbonyl (C=O) groups excluding carboxylic acids is 2. The quantitative estimate of drug-likeness (QED) is 0.291. The van der Waals surface area contributed by atoms with Gasteiger partial charge in [0.2, 0.25) is 11.8 Å². The van der Waals surface area contributed by atoms with Gasteiger partial charge in [0.15, 0.2) is 0 Å². The third-order valence-electron chi connectivity index (χ3n) is 6.98. The van der Waals surface area contributed by atoms with E-state index in [1.54, 1.807) is 43.3 Å². The molecular formula is C32H41N3O5S. The van der Waals surface area contributed by atoms with Gasteiger partial charge in [0.1, 0.15) is 18.3 Å². The number of nitrogens with zero attached hydrogens (tertiary/aromatic N) is 2. The third kappa shape index (κ3) is 8.57. The minimum absolute atomic E-state index is 0.0349. The van der Waals surface area contributed by atoms with Crippen molar-refractivity contribution in [1.29, 1.82) is 0 Å². The zero-order chi connectivity index (χ0) is 30.0. The molecule has 8 nitrogen and oxygen atoms in total. The molecule has 3 rings (SSSR count). The van der Waals surface area contributed by atoms with Crippen LogP contribution in [0.2, 0.25) is 0 Å². The molecule has 0 saturated carbocycles. The molecule has 9 heteroatoms. The van der Waals surface area contributed by atoms with Crippen LogP contribution in [0.5, 0.6) is 5.75 Å². The van der Waals surface area contributed by atoms with Gasteiger partial charge in [0, 0.05) is 12.6 Å². The van der Waals surface area contributed by atoms with Crippen LogP contribution in [0.25, 0.3) is 0 Å². The molecule has 0 spiro atoms. The molecule has 0 aromatic heterocycles. The van der Waals surface area contributed by atoms with Crippen molar-refractivity contribution in [2.75, 3.05) is 24.0 Å². The first-order chi connectivity index (χ1) is 19.6. The van der Waals surface area contributed by atoms with Gasteiger partial charge in [-0.05, 0) is 82.5 Å². The summed E-state index contributed by atoms with van der Waals surface area (Å²) in [6.07, 6.45) is 1.27. The number of amides is 2. The van der Waals surface area contributed by atoms with Gasteiger partial charge in [-0.2, -0.15) is 0 Å². The van der Waals surface area contributed by atoms with Crippen LogP contribution in [0.3, 0.4) is 0 Å². The van der Waals surface area contributed by atoms with Gasteiger partial charge in [0.05, 0.1) is 17.2 Å². The Morgan fingerprint density at radius 2 is 1.54 bits per heavy atom. The number of ether oxygens (including phenoxy) is 1. The molecule has 220 valence electrons. The molecule has 0 aliphatic carbocycles. The van der Waals surface area contributed by atoms with Crippen LogP contribution < -0.4 is 14.4 Å². The molecule has 2 atom stereocenters. The fourth-order valence-electron chi connectivity index (χ4n) is 4.28. The number of sulfonamides is 1. The first kappa shape index (κ1) is 31.7. The van der Waals surface area contributed by atoms with Crippen LogP contribution in [0.15, 0.2) is 83.8 Å². The van der Waals surface area contributed by atoms with Crippen molar-refractivity contribution in [3.8, 4) is 5.75 Å². The second-order valence-electron chi connectivity index (χ2n) is 10.1. The molecule has 0 bridgehead atoms. The number of carbonyl (C=O) groups is 2. The number of hydrogen-bond acceptors (Lipinski definition) is 5. The van der Waals surface area contributed by atoms with Crippen molar-refractivity contribution in [2.24, 2.45) is 0 Å². The van der Waals surface area contributed by atoms with Gasteiger partial charge in [-0.3, -0.25) is 13.9 Å². The van der Waals surface area contributed by atoms with Crippen molar-refractivity contribution in [2.45, 2.75) is 64.4 Å². The lowest BCUT2D eigenvalue weighted by Gasteiger charge is -2.32. The highest BCUT2D eigenvalue weighted by Gasteiger charge is 2.32. The van der Waals surface area contributed by atoms with E-state index in [-0.39, 0.29) is 23.4 Å². The zero-order valence-corrected chi connectivity index (χ0v) is 25.4. The van der Waals surface area contributed by atoms with Gasteiger partial charge in [-0.1, -0.05) is 55.0 Å². The van der Waals surface area contributed by atoms with Gasteiger partial charge >= 0.3 is 0 Å². The molecular weight excluding hydrogens is 538 g/mol. The van der Waals surface area contributed by atoms with E-state index in [2.05, 4.69) is 5.32 Å². The number of aryl methyl sites for hydroxylation is 1. The highest BCUT2D eigenvalue weighted by molar-refractivity contribution is 7.92. The lowest BCUT2D eigenvalue weighted by molar-refractivity contribution is -0.139. The molecule has 0 aliphatic heterocycles. The molecule has 3 aromatic rings. The SMILES string of the molecule is CCOc1ccc(S(=O)(=O)N(CC(=O)N(CCc2ccccc2)[C@H](C)C(=O)N[C@@H](C)CC)c2ccc(C)cc2)cc1. The molecule has 0 aliphatic rings. The smallest absolute Gasteiger partial charge is 0.264 e.